The van der Waals surface area contributed by atoms with Gasteiger partial charge in [-0.15, -0.1) is 0 Å². The third-order valence-corrected chi connectivity index (χ3v) is 1.25. The van der Waals surface area contributed by atoms with Crippen molar-refractivity contribution in [3.05, 3.63) is 0 Å². The molecule has 0 aromatic carbocycles. The molecule has 0 spiro atoms. The molecule has 0 rings (SSSR count). The molecular weight excluding hydrogens is 280 g/mol. The first-order chi connectivity index (χ1) is 7.19. The van der Waals surface area contributed by atoms with Crippen LogP contribution in [0.5, 0.6) is 0 Å². The normalized spacial score (nSPS) is 9.35. The van der Waals surface area contributed by atoms with E-state index in [1.54, 1.807) is 6.92 Å². The van der Waals surface area contributed by atoms with Crippen LogP contribution < -0.4 is 15.3 Å². The molecule has 0 aliphatic carbocycles. The predicted octanol–water partition coefficient (Wildman–Crippen LogP) is -5.26. The fourth-order valence-corrected chi connectivity index (χ4v) is 0.684. The quantitative estimate of drug-likeness (QED) is 0.475. The second-order valence-electron chi connectivity index (χ2n) is 2.73. The van der Waals surface area contributed by atoms with Gasteiger partial charge in [0, 0.05) is 31.4 Å². The summed E-state index contributed by atoms with van der Waals surface area (Å²) in [7, 11) is 0. The van der Waals surface area contributed by atoms with Crippen LogP contribution in [0, 0.1) is 0 Å². The Bertz CT molecular complexity index is 248. The van der Waals surface area contributed by atoms with Crippen molar-refractivity contribution < 1.29 is 57.0 Å². The fourth-order valence-electron chi connectivity index (χ4n) is 0.684. The van der Waals surface area contributed by atoms with Crippen LogP contribution in [0.15, 0.2) is 0 Å². The molecule has 0 bridgehead atoms. The number of aliphatic carboxylic acids is 3. The average Bonchev–Trinajstić information content (AvgIpc) is 2.01. The molecule has 0 atom stereocenters. The number of carbonyl (C=O) groups is 3. The smallest absolute Gasteiger partial charge is 0.550 e. The summed E-state index contributed by atoms with van der Waals surface area (Å²) < 4.78 is 0. The first-order valence-electron chi connectivity index (χ1n) is 4.14. The zero-order chi connectivity index (χ0) is 13.4. The first-order valence-corrected chi connectivity index (χ1v) is 4.14. The maximum absolute atomic E-state index is 10.1. The third-order valence-electron chi connectivity index (χ3n) is 1.25. The van der Waals surface area contributed by atoms with Crippen LogP contribution in [-0.2, 0) is 31.5 Å². The van der Waals surface area contributed by atoms with Gasteiger partial charge in [-0.3, -0.25) is 0 Å². The molecule has 0 amide bonds. The molecule has 0 saturated carbocycles. The van der Waals surface area contributed by atoms with E-state index in [9.17, 15) is 29.7 Å². The number of carbonyl (C=O) groups excluding carboxylic acids is 3. The van der Waals surface area contributed by atoms with Crippen LogP contribution in [0.1, 0.15) is 19.8 Å². The number of hydrogen-bond donors (Lipinski definition) is 2. The summed E-state index contributed by atoms with van der Waals surface area (Å²) in [4.78, 5) is 30.0. The van der Waals surface area contributed by atoms with E-state index in [1.165, 1.54) is 0 Å². The SMILES string of the molecule is CCO.O=C([O-])CC(O)(CC(=O)[O-])C(=O)[O-].[Fe+3]. The van der Waals surface area contributed by atoms with Gasteiger partial charge in [-0.1, -0.05) is 0 Å². The molecule has 0 fully saturated rings. The number of carboxylic acid groups (broad SMARTS) is 3. The fraction of sp³-hybridized carbons (Fsp3) is 0.625. The van der Waals surface area contributed by atoms with Gasteiger partial charge in [0.1, 0.15) is 5.60 Å². The van der Waals surface area contributed by atoms with Gasteiger partial charge in [0.05, 0.1) is 5.97 Å². The van der Waals surface area contributed by atoms with E-state index in [2.05, 4.69) is 0 Å². The molecule has 0 heterocycles. The van der Waals surface area contributed by atoms with Crippen molar-refractivity contribution in [3.63, 3.8) is 0 Å². The molecule has 0 aliphatic heterocycles. The van der Waals surface area contributed by atoms with E-state index in [0.717, 1.165) is 0 Å². The number of aliphatic hydroxyl groups is 2. The van der Waals surface area contributed by atoms with Gasteiger partial charge in [0.15, 0.2) is 0 Å². The number of hydrogen-bond acceptors (Lipinski definition) is 8. The molecule has 0 unspecified atom stereocenters. The van der Waals surface area contributed by atoms with Crippen molar-refractivity contribution in [3.8, 4) is 0 Å². The van der Waals surface area contributed by atoms with Crippen LogP contribution >= 0.6 is 0 Å². The van der Waals surface area contributed by atoms with E-state index >= 15 is 0 Å². The van der Waals surface area contributed by atoms with Crippen LogP contribution in [0.25, 0.3) is 0 Å². The second kappa shape index (κ2) is 10.0. The molecule has 0 aliphatic rings. The first kappa shape index (κ1) is 21.2. The Morgan fingerprint density at radius 1 is 1.06 bits per heavy atom. The van der Waals surface area contributed by atoms with Crippen LogP contribution in [0.2, 0.25) is 0 Å². The largest absolute Gasteiger partial charge is 3.00 e. The van der Waals surface area contributed by atoms with Crippen LogP contribution in [-0.4, -0.2) is 40.3 Å². The van der Waals surface area contributed by atoms with Crippen molar-refractivity contribution in [1.82, 2.24) is 0 Å². The summed E-state index contributed by atoms with van der Waals surface area (Å²) in [5.41, 5.74) is -2.97. The van der Waals surface area contributed by atoms with E-state index in [-0.39, 0.29) is 23.7 Å². The van der Waals surface area contributed by atoms with Gasteiger partial charge < -0.3 is 39.9 Å². The van der Waals surface area contributed by atoms with Crippen molar-refractivity contribution >= 4 is 17.9 Å². The van der Waals surface area contributed by atoms with Gasteiger partial charge in [0.25, 0.3) is 0 Å². The monoisotopic (exact) mass is 291 g/mol. The molecule has 99 valence electrons. The van der Waals surface area contributed by atoms with E-state index in [0.29, 0.717) is 0 Å². The summed E-state index contributed by atoms with van der Waals surface area (Å²) in [6.07, 6.45) is -2.72. The summed E-state index contributed by atoms with van der Waals surface area (Å²) in [6, 6.07) is 0. The summed E-state index contributed by atoms with van der Waals surface area (Å²) in [5.74, 6) is -5.98. The van der Waals surface area contributed by atoms with Crippen molar-refractivity contribution in [2.24, 2.45) is 0 Å². The van der Waals surface area contributed by atoms with E-state index in [4.69, 9.17) is 10.2 Å². The molecule has 0 aromatic heterocycles. The molecular formula is C8H11FeO8. The predicted molar refractivity (Wildman–Crippen MR) is 42.0 cm³/mol. The van der Waals surface area contributed by atoms with Gasteiger partial charge >= 0.3 is 17.1 Å². The van der Waals surface area contributed by atoms with E-state index < -0.39 is 36.4 Å². The van der Waals surface area contributed by atoms with Crippen molar-refractivity contribution in [1.29, 1.82) is 0 Å². The van der Waals surface area contributed by atoms with E-state index in [1.807, 2.05) is 0 Å². The molecule has 2 N–H and O–H groups in total. The van der Waals surface area contributed by atoms with Gasteiger partial charge in [0.2, 0.25) is 0 Å². The molecule has 17 heavy (non-hydrogen) atoms. The molecule has 0 aromatic rings. The molecule has 9 heteroatoms. The molecule has 8 nitrogen and oxygen atoms in total. The Labute approximate surface area is 107 Å². The summed E-state index contributed by atoms with van der Waals surface area (Å²) >= 11 is 0. The van der Waals surface area contributed by atoms with Crippen molar-refractivity contribution in [2.45, 2.75) is 25.4 Å². The zero-order valence-corrected chi connectivity index (χ0v) is 9.92. The molecule has 0 saturated heterocycles. The summed E-state index contributed by atoms with van der Waals surface area (Å²) in [5, 5.41) is 46.5. The number of rotatable bonds is 5. The Morgan fingerprint density at radius 2 is 1.29 bits per heavy atom. The Hall–Kier alpha value is -1.15. The maximum atomic E-state index is 10.1. The van der Waals surface area contributed by atoms with Gasteiger partial charge in [-0.2, -0.15) is 0 Å². The van der Waals surface area contributed by atoms with Crippen LogP contribution in [0.3, 0.4) is 0 Å². The van der Waals surface area contributed by atoms with Crippen molar-refractivity contribution in [2.75, 3.05) is 6.61 Å². The third kappa shape index (κ3) is 11.1. The second-order valence-corrected chi connectivity index (χ2v) is 2.73. The molecule has 1 radical (unpaired) electrons. The minimum absolute atomic E-state index is 0. The minimum Gasteiger partial charge on any atom is -0.550 e. The van der Waals surface area contributed by atoms with Gasteiger partial charge in [-0.25, -0.2) is 0 Å². The Morgan fingerprint density at radius 3 is 1.41 bits per heavy atom. The maximum Gasteiger partial charge on any atom is 3.00 e. The van der Waals surface area contributed by atoms with Crippen LogP contribution in [0.4, 0.5) is 0 Å². The zero-order valence-electron chi connectivity index (χ0n) is 8.82. The topological polar surface area (TPSA) is 161 Å². The number of aliphatic hydroxyl groups excluding tert-OH is 1. The minimum atomic E-state index is -2.97. The average molecular weight is 291 g/mol. The summed E-state index contributed by atoms with van der Waals surface area (Å²) in [6.45, 7) is 1.93. The number of carboxylic acids is 3. The van der Waals surface area contributed by atoms with Gasteiger partial charge in [-0.05, 0) is 6.92 Å². The standard InChI is InChI=1S/C6H8O7.C2H6O.Fe/c7-3(8)1-6(13,5(11)12)2-4(9)10;1-2-3;/h13H,1-2H2,(H,7,8)(H,9,10)(H,11,12);3H,2H2,1H3;/q;;+3/p-3. The Kier molecular flexibility index (Phi) is 12.5. The Balaban J connectivity index is -0.000000440.